The number of hydrogen-bond donors (Lipinski definition) is 1. The summed E-state index contributed by atoms with van der Waals surface area (Å²) in [6.45, 7) is 1.90. The van der Waals surface area contributed by atoms with Crippen LogP contribution >= 0.6 is 0 Å². The highest BCUT2D eigenvalue weighted by molar-refractivity contribution is 5.91. The lowest BCUT2D eigenvalue weighted by molar-refractivity contribution is -0.143. The molecule has 0 heterocycles. The van der Waals surface area contributed by atoms with E-state index in [-0.39, 0.29) is 19.1 Å². The summed E-state index contributed by atoms with van der Waals surface area (Å²) in [5.41, 5.74) is -2.48. The van der Waals surface area contributed by atoms with Crippen molar-refractivity contribution in [2.75, 3.05) is 11.9 Å². The van der Waals surface area contributed by atoms with Crippen LogP contribution in [0.25, 0.3) is 0 Å². The summed E-state index contributed by atoms with van der Waals surface area (Å²) in [6, 6.07) is 8.01. The zero-order chi connectivity index (χ0) is 20.9. The number of rotatable bonds is 6. The highest BCUT2D eigenvalue weighted by Crippen LogP contribution is 2.37. The van der Waals surface area contributed by atoms with Gasteiger partial charge < -0.3 is 10.1 Å². The Hall–Kier alpha value is -2.71. The van der Waals surface area contributed by atoms with Crippen LogP contribution < -0.4 is 10.1 Å². The van der Waals surface area contributed by atoms with Crippen LogP contribution in [0.5, 0.6) is 5.75 Å². The Labute approximate surface area is 157 Å². The minimum absolute atomic E-state index is 0.00126. The highest BCUT2D eigenvalue weighted by Gasteiger charge is 2.37. The molecule has 0 bridgehead atoms. The molecule has 0 fully saturated rings. The quantitative estimate of drug-likeness (QED) is 0.627. The maximum atomic E-state index is 12.8. The maximum absolute atomic E-state index is 12.8. The highest BCUT2D eigenvalue weighted by atomic mass is 19.4. The molecular weight excluding hydrogens is 388 g/mol. The predicted octanol–water partition coefficient (Wildman–Crippen LogP) is 5.69. The maximum Gasteiger partial charge on any atom is 0.416 e. The summed E-state index contributed by atoms with van der Waals surface area (Å²) in [6.07, 6.45) is -9.35. The predicted molar refractivity (Wildman–Crippen MR) is 91.0 cm³/mol. The topological polar surface area (TPSA) is 38.3 Å². The third-order valence-electron chi connectivity index (χ3n) is 3.80. The van der Waals surface area contributed by atoms with Crippen LogP contribution in [0, 0.1) is 0 Å². The Balaban J connectivity index is 2.02. The number of ether oxygens (including phenoxy) is 1. The Morgan fingerprint density at radius 1 is 0.929 bits per heavy atom. The second-order valence-corrected chi connectivity index (χ2v) is 5.94. The lowest BCUT2D eigenvalue weighted by Gasteiger charge is -2.15. The Bertz CT molecular complexity index is 780. The van der Waals surface area contributed by atoms with E-state index in [9.17, 15) is 31.1 Å². The van der Waals surface area contributed by atoms with Crippen molar-refractivity contribution < 1.29 is 35.9 Å². The molecular formula is C19H17F6NO2. The molecule has 3 nitrogen and oxygen atoms in total. The monoisotopic (exact) mass is 405 g/mol. The van der Waals surface area contributed by atoms with Crippen molar-refractivity contribution in [3.63, 3.8) is 0 Å². The van der Waals surface area contributed by atoms with Crippen molar-refractivity contribution in [2.45, 2.75) is 32.1 Å². The number of anilines is 1. The second-order valence-electron chi connectivity index (χ2n) is 5.94. The molecule has 0 aliphatic rings. The van der Waals surface area contributed by atoms with Crippen LogP contribution in [0.4, 0.5) is 32.0 Å². The van der Waals surface area contributed by atoms with Crippen LogP contribution in [-0.2, 0) is 23.6 Å². The van der Waals surface area contributed by atoms with Crippen LogP contribution in [-0.4, -0.2) is 12.5 Å². The number of nitrogens with one attached hydrogen (secondary N) is 1. The van der Waals surface area contributed by atoms with Gasteiger partial charge in [-0.2, -0.15) is 26.3 Å². The largest absolute Gasteiger partial charge is 0.493 e. The van der Waals surface area contributed by atoms with Gasteiger partial charge in [-0.1, -0.05) is 19.1 Å². The molecule has 152 valence electrons. The molecule has 2 aromatic rings. The minimum Gasteiger partial charge on any atom is -0.493 e. The van der Waals surface area contributed by atoms with E-state index in [1.54, 1.807) is 12.1 Å². The molecule has 0 aliphatic carbocycles. The fourth-order valence-corrected chi connectivity index (χ4v) is 2.33. The standard InChI is InChI=1S/C19H17F6NO2/c1-2-12-3-5-16(6-4-12)28-8-7-17(27)26-15-10-13(18(20,21)22)9-14(11-15)19(23,24)25/h3-6,9-11H,2,7-8H2,1H3,(H,26,27). The van der Waals surface area contributed by atoms with Crippen LogP contribution in [0.1, 0.15) is 30.0 Å². The van der Waals surface area contributed by atoms with Gasteiger partial charge in [0.1, 0.15) is 5.75 Å². The molecule has 0 saturated carbocycles. The first-order chi connectivity index (χ1) is 13.0. The molecule has 0 atom stereocenters. The zero-order valence-corrected chi connectivity index (χ0v) is 14.7. The Kier molecular flexibility index (Phi) is 6.58. The first-order valence-electron chi connectivity index (χ1n) is 8.30. The summed E-state index contributed by atoms with van der Waals surface area (Å²) in [7, 11) is 0. The van der Waals surface area contributed by atoms with E-state index in [4.69, 9.17) is 4.74 Å². The van der Waals surface area contributed by atoms with Crippen molar-refractivity contribution in [2.24, 2.45) is 0 Å². The molecule has 0 saturated heterocycles. The average Bonchev–Trinajstić information content (AvgIpc) is 2.60. The number of alkyl halides is 6. The third kappa shape index (κ3) is 6.17. The van der Waals surface area contributed by atoms with Crippen molar-refractivity contribution in [3.05, 3.63) is 59.2 Å². The van der Waals surface area contributed by atoms with E-state index in [1.807, 2.05) is 19.1 Å². The van der Waals surface area contributed by atoms with Gasteiger partial charge in [-0.05, 0) is 42.3 Å². The molecule has 1 N–H and O–H groups in total. The molecule has 2 aromatic carbocycles. The molecule has 9 heteroatoms. The lowest BCUT2D eigenvalue weighted by Crippen LogP contribution is -2.17. The molecule has 0 radical (unpaired) electrons. The second kappa shape index (κ2) is 8.53. The average molecular weight is 405 g/mol. The molecule has 0 aromatic heterocycles. The van der Waals surface area contributed by atoms with Gasteiger partial charge in [0.05, 0.1) is 24.2 Å². The van der Waals surface area contributed by atoms with Crippen molar-refractivity contribution in [1.82, 2.24) is 0 Å². The molecule has 28 heavy (non-hydrogen) atoms. The molecule has 1 amide bonds. The summed E-state index contributed by atoms with van der Waals surface area (Å²) < 4.78 is 82.3. The SMILES string of the molecule is CCc1ccc(OCCC(=O)Nc2cc(C(F)(F)F)cc(C(F)(F)F)c2)cc1. The number of halogens is 6. The van der Waals surface area contributed by atoms with Gasteiger partial charge in [0.25, 0.3) is 0 Å². The zero-order valence-electron chi connectivity index (χ0n) is 14.7. The summed E-state index contributed by atoms with van der Waals surface area (Å²) in [5.74, 6) is -0.263. The number of aryl methyl sites for hydroxylation is 1. The van der Waals surface area contributed by atoms with Gasteiger partial charge in [-0.25, -0.2) is 0 Å². The minimum atomic E-state index is -4.98. The smallest absolute Gasteiger partial charge is 0.416 e. The van der Waals surface area contributed by atoms with E-state index in [2.05, 4.69) is 5.32 Å². The number of benzene rings is 2. The third-order valence-corrected chi connectivity index (χ3v) is 3.80. The molecule has 0 spiro atoms. The molecule has 2 rings (SSSR count). The molecule has 0 unspecified atom stereocenters. The van der Waals surface area contributed by atoms with Gasteiger partial charge in [0.2, 0.25) is 5.91 Å². The number of carbonyl (C=O) groups is 1. The van der Waals surface area contributed by atoms with E-state index in [0.717, 1.165) is 12.0 Å². The van der Waals surface area contributed by atoms with Gasteiger partial charge in [0.15, 0.2) is 0 Å². The summed E-state index contributed by atoms with van der Waals surface area (Å²) >= 11 is 0. The van der Waals surface area contributed by atoms with E-state index in [0.29, 0.717) is 17.9 Å². The van der Waals surface area contributed by atoms with Gasteiger partial charge in [-0.15, -0.1) is 0 Å². The van der Waals surface area contributed by atoms with Gasteiger partial charge >= 0.3 is 12.4 Å². The van der Waals surface area contributed by atoms with Crippen molar-refractivity contribution in [3.8, 4) is 5.75 Å². The normalized spacial score (nSPS) is 12.0. The number of amides is 1. The summed E-state index contributed by atoms with van der Waals surface area (Å²) in [5, 5.41) is 2.05. The van der Waals surface area contributed by atoms with Crippen molar-refractivity contribution in [1.29, 1.82) is 0 Å². The first kappa shape index (κ1) is 21.6. The van der Waals surface area contributed by atoms with Crippen LogP contribution in [0.2, 0.25) is 0 Å². The van der Waals surface area contributed by atoms with Gasteiger partial charge in [0, 0.05) is 5.69 Å². The fraction of sp³-hybridized carbons (Fsp3) is 0.316. The fourth-order valence-electron chi connectivity index (χ4n) is 2.33. The van der Waals surface area contributed by atoms with Gasteiger partial charge in [-0.3, -0.25) is 4.79 Å². The van der Waals surface area contributed by atoms with E-state index < -0.39 is 35.1 Å². The number of hydrogen-bond acceptors (Lipinski definition) is 2. The van der Waals surface area contributed by atoms with Crippen molar-refractivity contribution >= 4 is 11.6 Å². The molecule has 0 aliphatic heterocycles. The first-order valence-corrected chi connectivity index (χ1v) is 8.30. The van der Waals surface area contributed by atoms with E-state index in [1.165, 1.54) is 0 Å². The van der Waals surface area contributed by atoms with E-state index >= 15 is 0 Å². The number of carbonyl (C=O) groups excluding carboxylic acids is 1. The lowest BCUT2D eigenvalue weighted by atomic mass is 10.1. The summed E-state index contributed by atoms with van der Waals surface area (Å²) in [4.78, 5) is 11.9. The Morgan fingerprint density at radius 3 is 1.93 bits per heavy atom. The van der Waals surface area contributed by atoms with Crippen LogP contribution in [0.15, 0.2) is 42.5 Å². The Morgan fingerprint density at radius 2 is 1.46 bits per heavy atom. The van der Waals surface area contributed by atoms with Crippen LogP contribution in [0.3, 0.4) is 0 Å².